The lowest BCUT2D eigenvalue weighted by Gasteiger charge is -2.08. The monoisotopic (exact) mass is 433 g/mol. The molecule has 0 atom stereocenters. The van der Waals surface area contributed by atoms with E-state index in [4.69, 9.17) is 5.73 Å². The van der Waals surface area contributed by atoms with Gasteiger partial charge < -0.3 is 11.1 Å². The van der Waals surface area contributed by atoms with Crippen molar-refractivity contribution in [1.29, 1.82) is 0 Å². The first-order valence-electron chi connectivity index (χ1n) is 10.6. The van der Waals surface area contributed by atoms with Crippen LogP contribution >= 0.6 is 0 Å². The van der Waals surface area contributed by atoms with E-state index >= 15 is 0 Å². The van der Waals surface area contributed by atoms with E-state index in [1.54, 1.807) is 29.2 Å². The van der Waals surface area contributed by atoms with Crippen molar-refractivity contribution in [1.82, 2.24) is 14.8 Å². The van der Waals surface area contributed by atoms with Crippen LogP contribution in [0.3, 0.4) is 0 Å². The molecule has 0 fully saturated rings. The van der Waals surface area contributed by atoms with Gasteiger partial charge in [-0.05, 0) is 61.2 Å². The molecular formula is C25H28FN5O. The zero-order chi connectivity index (χ0) is 22.8. The van der Waals surface area contributed by atoms with Gasteiger partial charge in [0.05, 0.1) is 12.6 Å². The molecular weight excluding hydrogens is 405 g/mol. The zero-order valence-corrected chi connectivity index (χ0v) is 18.2. The van der Waals surface area contributed by atoms with Crippen LogP contribution in [-0.2, 0) is 18.3 Å². The number of hydrogen-bond donors (Lipinski definition) is 2. The predicted octanol–water partition coefficient (Wildman–Crippen LogP) is 4.41. The van der Waals surface area contributed by atoms with Crippen LogP contribution in [0.4, 0.5) is 10.2 Å². The van der Waals surface area contributed by atoms with Crippen LogP contribution in [0.25, 0.3) is 11.1 Å². The van der Waals surface area contributed by atoms with E-state index in [1.807, 2.05) is 31.5 Å². The second-order valence-electron chi connectivity index (χ2n) is 7.48. The Morgan fingerprint density at radius 2 is 1.94 bits per heavy atom. The second kappa shape index (κ2) is 11.7. The number of hydrogen-bond acceptors (Lipinski definition) is 4. The van der Waals surface area contributed by atoms with Crippen LogP contribution in [0.5, 0.6) is 0 Å². The molecule has 6 nitrogen and oxygen atoms in total. The van der Waals surface area contributed by atoms with E-state index in [2.05, 4.69) is 27.6 Å². The molecule has 166 valence electrons. The van der Waals surface area contributed by atoms with Crippen LogP contribution in [0.1, 0.15) is 24.8 Å². The molecule has 0 saturated carbocycles. The molecule has 32 heavy (non-hydrogen) atoms. The molecule has 0 unspecified atom stereocenters. The first-order valence-corrected chi connectivity index (χ1v) is 10.6. The van der Waals surface area contributed by atoms with Crippen molar-refractivity contribution < 1.29 is 9.18 Å². The number of amides is 1. The zero-order valence-electron chi connectivity index (χ0n) is 18.2. The molecule has 0 bridgehead atoms. The summed E-state index contributed by atoms with van der Waals surface area (Å²) in [5.74, 6) is 0.332. The van der Waals surface area contributed by atoms with Crippen LogP contribution in [0, 0.1) is 5.82 Å². The van der Waals surface area contributed by atoms with Crippen molar-refractivity contribution in [2.75, 3.05) is 11.9 Å². The maximum atomic E-state index is 12.3. The number of benzene rings is 1. The summed E-state index contributed by atoms with van der Waals surface area (Å²) in [5.41, 5.74) is 9.44. The Morgan fingerprint density at radius 3 is 2.53 bits per heavy atom. The summed E-state index contributed by atoms with van der Waals surface area (Å²) < 4.78 is 14.0. The molecule has 0 aliphatic heterocycles. The lowest BCUT2D eigenvalue weighted by atomic mass is 10.0. The van der Waals surface area contributed by atoms with Gasteiger partial charge in [-0.15, -0.1) is 0 Å². The Labute approximate surface area is 187 Å². The number of pyridine rings is 1. The van der Waals surface area contributed by atoms with E-state index < -0.39 is 0 Å². The number of carbonyl (C=O) groups is 1. The highest BCUT2D eigenvalue weighted by Gasteiger charge is 2.07. The van der Waals surface area contributed by atoms with Gasteiger partial charge in [0.15, 0.2) is 0 Å². The van der Waals surface area contributed by atoms with E-state index in [1.165, 1.54) is 12.1 Å². The SMILES string of the molecule is Cn1cc(-c2ccc(NC(=O)CC3=CCCC=C3)nc2)cn1.NCCc1ccc(F)cc1. The van der Waals surface area contributed by atoms with Crippen molar-refractivity contribution in [3.05, 3.63) is 90.2 Å². The third-order valence-corrected chi connectivity index (χ3v) is 4.85. The number of nitrogens with two attached hydrogens (primary N) is 1. The van der Waals surface area contributed by atoms with Gasteiger partial charge in [0, 0.05) is 30.6 Å². The van der Waals surface area contributed by atoms with Crippen molar-refractivity contribution >= 4 is 11.7 Å². The van der Waals surface area contributed by atoms with Crippen molar-refractivity contribution in [3.63, 3.8) is 0 Å². The molecule has 1 aliphatic carbocycles. The van der Waals surface area contributed by atoms with Crippen LogP contribution < -0.4 is 11.1 Å². The third kappa shape index (κ3) is 7.28. The minimum atomic E-state index is -0.194. The number of nitrogens with zero attached hydrogens (tertiary/aromatic N) is 3. The number of allylic oxidation sites excluding steroid dienone is 3. The molecule has 2 heterocycles. The molecule has 1 aromatic carbocycles. The Kier molecular flexibility index (Phi) is 8.45. The van der Waals surface area contributed by atoms with E-state index in [9.17, 15) is 9.18 Å². The number of carbonyl (C=O) groups excluding carboxylic acids is 1. The maximum Gasteiger partial charge on any atom is 0.229 e. The molecule has 2 aromatic heterocycles. The largest absolute Gasteiger partial charge is 0.330 e. The number of rotatable bonds is 6. The summed E-state index contributed by atoms with van der Waals surface area (Å²) in [7, 11) is 1.87. The Balaban J connectivity index is 0.000000243. The molecule has 3 N–H and O–H groups in total. The van der Waals surface area contributed by atoms with E-state index in [-0.39, 0.29) is 11.7 Å². The van der Waals surface area contributed by atoms with E-state index in [0.717, 1.165) is 41.5 Å². The maximum absolute atomic E-state index is 12.3. The summed E-state index contributed by atoms with van der Waals surface area (Å²) in [6.07, 6.45) is 15.0. The molecule has 0 saturated heterocycles. The normalized spacial score (nSPS) is 12.5. The van der Waals surface area contributed by atoms with Gasteiger partial charge in [-0.3, -0.25) is 9.48 Å². The van der Waals surface area contributed by atoms with Gasteiger partial charge in [0.25, 0.3) is 0 Å². The highest BCUT2D eigenvalue weighted by molar-refractivity contribution is 5.91. The number of halogens is 1. The topological polar surface area (TPSA) is 85.8 Å². The summed E-state index contributed by atoms with van der Waals surface area (Å²) >= 11 is 0. The van der Waals surface area contributed by atoms with Crippen LogP contribution in [0.15, 0.2) is 78.8 Å². The minimum absolute atomic E-state index is 0.0422. The molecule has 0 radical (unpaired) electrons. The molecule has 1 aliphatic rings. The summed E-state index contributed by atoms with van der Waals surface area (Å²) in [5, 5.41) is 6.96. The van der Waals surface area contributed by atoms with Crippen molar-refractivity contribution in [2.45, 2.75) is 25.7 Å². The fourth-order valence-corrected chi connectivity index (χ4v) is 3.20. The molecule has 4 rings (SSSR count). The summed E-state index contributed by atoms with van der Waals surface area (Å²) in [6.45, 7) is 0.617. The van der Waals surface area contributed by atoms with Gasteiger partial charge in [-0.25, -0.2) is 9.37 Å². The Morgan fingerprint density at radius 1 is 1.12 bits per heavy atom. The third-order valence-electron chi connectivity index (χ3n) is 4.85. The highest BCUT2D eigenvalue weighted by atomic mass is 19.1. The number of aromatic nitrogens is 3. The molecule has 0 spiro atoms. The van der Waals surface area contributed by atoms with Crippen LogP contribution in [0.2, 0.25) is 0 Å². The summed E-state index contributed by atoms with van der Waals surface area (Å²) in [4.78, 5) is 16.3. The Bertz CT molecular complexity index is 1070. The van der Waals surface area contributed by atoms with Crippen molar-refractivity contribution in [2.24, 2.45) is 12.8 Å². The van der Waals surface area contributed by atoms with Gasteiger partial charge in [-0.1, -0.05) is 30.4 Å². The molecule has 7 heteroatoms. The molecule has 1 amide bonds. The summed E-state index contributed by atoms with van der Waals surface area (Å²) in [6, 6.07) is 10.1. The van der Waals surface area contributed by atoms with Gasteiger partial charge in [0.2, 0.25) is 5.91 Å². The lowest BCUT2D eigenvalue weighted by Crippen LogP contribution is -2.13. The average Bonchev–Trinajstić information content (AvgIpc) is 3.23. The fraction of sp³-hybridized carbons (Fsp3) is 0.240. The van der Waals surface area contributed by atoms with Crippen LogP contribution in [-0.4, -0.2) is 27.2 Å². The standard InChI is InChI=1S/C17H18N4O.C8H10FN/c1-21-12-15(11-19-21)14-7-8-16(18-10-14)20-17(22)9-13-5-3-2-4-6-13;9-8-3-1-7(2-4-8)5-6-10/h3,5-8,10-12H,2,4,9H2,1H3,(H,18,20,22);1-4H,5-6,10H2. The Hall–Kier alpha value is -3.58. The van der Waals surface area contributed by atoms with E-state index in [0.29, 0.717) is 18.8 Å². The van der Waals surface area contributed by atoms with Gasteiger partial charge in [-0.2, -0.15) is 5.10 Å². The smallest absolute Gasteiger partial charge is 0.229 e. The lowest BCUT2D eigenvalue weighted by molar-refractivity contribution is -0.115. The van der Waals surface area contributed by atoms with Crippen molar-refractivity contribution in [3.8, 4) is 11.1 Å². The highest BCUT2D eigenvalue weighted by Crippen LogP contribution is 2.19. The number of aryl methyl sites for hydroxylation is 1. The second-order valence-corrected chi connectivity index (χ2v) is 7.48. The van der Waals surface area contributed by atoms with Gasteiger partial charge in [0.1, 0.15) is 11.6 Å². The van der Waals surface area contributed by atoms with Gasteiger partial charge >= 0.3 is 0 Å². The average molecular weight is 434 g/mol. The molecule has 3 aromatic rings. The number of anilines is 1. The quantitative estimate of drug-likeness (QED) is 0.603. The number of nitrogens with one attached hydrogen (secondary N) is 1. The first-order chi connectivity index (χ1) is 15.5. The minimum Gasteiger partial charge on any atom is -0.330 e. The first kappa shape index (κ1) is 23.1. The predicted molar refractivity (Wildman–Crippen MR) is 125 cm³/mol. The fourth-order valence-electron chi connectivity index (χ4n) is 3.20.